The molecule has 4 rings (SSSR count). The summed E-state index contributed by atoms with van der Waals surface area (Å²) in [5.74, 6) is 0.00765. The number of amides is 2. The Morgan fingerprint density at radius 2 is 1.70 bits per heavy atom. The van der Waals surface area contributed by atoms with E-state index in [-0.39, 0.29) is 29.6 Å². The fraction of sp³-hybridized carbons (Fsp3) is 0.350. The zero-order chi connectivity index (χ0) is 19.3. The minimum Gasteiger partial charge on any atom is -0.314 e. The molecule has 2 atom stereocenters. The Hall–Kier alpha value is -2.05. The molecule has 0 saturated carbocycles. The highest BCUT2D eigenvalue weighted by atomic mass is 35.5. The number of hydrogen-bond donors (Lipinski definition) is 0. The van der Waals surface area contributed by atoms with Crippen molar-refractivity contribution in [1.29, 1.82) is 0 Å². The van der Waals surface area contributed by atoms with E-state index in [1.54, 1.807) is 15.9 Å². The van der Waals surface area contributed by atoms with Crippen LogP contribution in [0.5, 0.6) is 0 Å². The summed E-state index contributed by atoms with van der Waals surface area (Å²) in [6, 6.07) is 12.4. The maximum absolute atomic E-state index is 13.3. The normalized spacial score (nSPS) is 23.7. The minimum atomic E-state index is -3.19. The molecule has 2 aromatic rings. The molecule has 7 heteroatoms. The Morgan fingerprint density at radius 1 is 1.04 bits per heavy atom. The van der Waals surface area contributed by atoms with Crippen LogP contribution in [0.2, 0.25) is 5.02 Å². The molecule has 2 aromatic carbocycles. The molecule has 2 fully saturated rings. The zero-order valence-corrected chi connectivity index (χ0v) is 16.8. The van der Waals surface area contributed by atoms with Crippen molar-refractivity contribution in [2.24, 2.45) is 0 Å². The van der Waals surface area contributed by atoms with Gasteiger partial charge < -0.3 is 4.90 Å². The monoisotopic (exact) mass is 404 g/mol. The van der Waals surface area contributed by atoms with Crippen LogP contribution in [-0.2, 0) is 16.4 Å². The van der Waals surface area contributed by atoms with Crippen molar-refractivity contribution in [3.8, 4) is 0 Å². The summed E-state index contributed by atoms with van der Waals surface area (Å²) in [4.78, 5) is 16.6. The number of sulfone groups is 1. The van der Waals surface area contributed by atoms with Crippen molar-refractivity contribution < 1.29 is 13.2 Å². The van der Waals surface area contributed by atoms with Gasteiger partial charge in [-0.2, -0.15) is 0 Å². The second-order valence-corrected chi connectivity index (χ2v) is 10.1. The second-order valence-electron chi connectivity index (χ2n) is 7.47. The molecule has 0 N–H and O–H groups in total. The lowest BCUT2D eigenvalue weighted by atomic mass is 10.1. The third-order valence-electron chi connectivity index (χ3n) is 5.20. The molecule has 27 heavy (non-hydrogen) atoms. The van der Waals surface area contributed by atoms with Crippen molar-refractivity contribution in [3.63, 3.8) is 0 Å². The number of anilines is 1. The topological polar surface area (TPSA) is 57.7 Å². The SMILES string of the molecule is Cc1cc(C)cc(N2C(=O)N(Cc3cccc(Cl)c3)[C@@H]3CS(=O)(=O)C[C@H]32)c1. The quantitative estimate of drug-likeness (QED) is 0.735. The van der Waals surface area contributed by atoms with E-state index in [4.69, 9.17) is 11.6 Å². The van der Waals surface area contributed by atoms with Crippen molar-refractivity contribution in [2.75, 3.05) is 16.4 Å². The highest BCUT2D eigenvalue weighted by Gasteiger charge is 2.53. The van der Waals surface area contributed by atoms with Crippen LogP contribution < -0.4 is 4.90 Å². The summed E-state index contributed by atoms with van der Waals surface area (Å²) in [5, 5.41) is 0.598. The van der Waals surface area contributed by atoms with Crippen LogP contribution in [0.1, 0.15) is 16.7 Å². The summed E-state index contributed by atoms with van der Waals surface area (Å²) in [6.45, 7) is 4.30. The summed E-state index contributed by atoms with van der Waals surface area (Å²) in [5.41, 5.74) is 3.74. The molecule has 0 bridgehead atoms. The fourth-order valence-corrected chi connectivity index (χ4v) is 6.35. The average Bonchev–Trinajstić information content (AvgIpc) is 2.98. The Bertz CT molecular complexity index is 1000. The van der Waals surface area contributed by atoms with E-state index < -0.39 is 9.84 Å². The number of urea groups is 1. The molecule has 142 valence electrons. The molecular weight excluding hydrogens is 384 g/mol. The Labute approximate surface area is 164 Å². The van der Waals surface area contributed by atoms with Crippen molar-refractivity contribution >= 4 is 33.2 Å². The Morgan fingerprint density at radius 3 is 2.37 bits per heavy atom. The number of hydrogen-bond acceptors (Lipinski definition) is 3. The lowest BCUT2D eigenvalue weighted by Crippen LogP contribution is -2.37. The van der Waals surface area contributed by atoms with Gasteiger partial charge in [-0.25, -0.2) is 13.2 Å². The van der Waals surface area contributed by atoms with Crippen LogP contribution in [0.15, 0.2) is 42.5 Å². The number of carbonyl (C=O) groups is 1. The first-order chi connectivity index (χ1) is 12.7. The molecular formula is C20H21ClN2O3S. The predicted molar refractivity (Wildman–Crippen MR) is 107 cm³/mol. The van der Waals surface area contributed by atoms with Gasteiger partial charge in [0.15, 0.2) is 9.84 Å². The molecule has 2 aliphatic heterocycles. The highest BCUT2D eigenvalue weighted by molar-refractivity contribution is 7.91. The predicted octanol–water partition coefficient (Wildman–Crippen LogP) is 3.56. The van der Waals surface area contributed by atoms with Gasteiger partial charge in [0.2, 0.25) is 0 Å². The lowest BCUT2D eigenvalue weighted by molar-refractivity contribution is 0.206. The Kier molecular flexibility index (Phi) is 4.43. The molecule has 5 nitrogen and oxygen atoms in total. The first-order valence-electron chi connectivity index (χ1n) is 8.86. The molecule has 0 aliphatic carbocycles. The minimum absolute atomic E-state index is 0.00242. The molecule has 2 saturated heterocycles. The van der Waals surface area contributed by atoms with Gasteiger partial charge in [-0.15, -0.1) is 0 Å². The molecule has 2 amide bonds. The Balaban J connectivity index is 1.73. The van der Waals surface area contributed by atoms with Crippen molar-refractivity contribution in [1.82, 2.24) is 4.90 Å². The molecule has 0 radical (unpaired) electrons. The molecule has 0 spiro atoms. The van der Waals surface area contributed by atoms with Gasteiger partial charge in [-0.1, -0.05) is 29.8 Å². The van der Waals surface area contributed by atoms with E-state index in [9.17, 15) is 13.2 Å². The van der Waals surface area contributed by atoms with E-state index in [2.05, 4.69) is 0 Å². The van der Waals surface area contributed by atoms with Crippen LogP contribution in [0.25, 0.3) is 0 Å². The fourth-order valence-electron chi connectivity index (χ4n) is 4.19. The summed E-state index contributed by atoms with van der Waals surface area (Å²) < 4.78 is 24.7. The zero-order valence-electron chi connectivity index (χ0n) is 15.2. The van der Waals surface area contributed by atoms with E-state index in [0.29, 0.717) is 11.6 Å². The van der Waals surface area contributed by atoms with Gasteiger partial charge in [0.05, 0.1) is 23.6 Å². The van der Waals surface area contributed by atoms with E-state index >= 15 is 0 Å². The molecule has 2 heterocycles. The van der Waals surface area contributed by atoms with Gasteiger partial charge >= 0.3 is 6.03 Å². The van der Waals surface area contributed by atoms with Gasteiger partial charge in [-0.05, 0) is 54.8 Å². The van der Waals surface area contributed by atoms with Crippen molar-refractivity contribution in [2.45, 2.75) is 32.5 Å². The third-order valence-corrected chi connectivity index (χ3v) is 7.14. The summed E-state index contributed by atoms with van der Waals surface area (Å²) in [6.07, 6.45) is 0. The molecule has 0 unspecified atom stereocenters. The first kappa shape index (κ1) is 18.3. The number of carbonyl (C=O) groups excluding carboxylic acids is 1. The van der Waals surface area contributed by atoms with E-state index in [0.717, 1.165) is 22.4 Å². The number of aryl methyl sites for hydroxylation is 2. The van der Waals surface area contributed by atoms with Gasteiger partial charge in [0, 0.05) is 17.3 Å². The molecule has 0 aromatic heterocycles. The highest BCUT2D eigenvalue weighted by Crippen LogP contribution is 2.36. The molecule has 2 aliphatic rings. The van der Waals surface area contributed by atoms with E-state index in [1.807, 2.05) is 50.2 Å². The van der Waals surface area contributed by atoms with Gasteiger partial charge in [-0.3, -0.25) is 4.90 Å². The maximum Gasteiger partial charge on any atom is 0.325 e. The first-order valence-corrected chi connectivity index (χ1v) is 11.1. The van der Waals surface area contributed by atoms with Gasteiger partial charge in [0.1, 0.15) is 0 Å². The number of rotatable bonds is 3. The number of fused-ring (bicyclic) bond motifs is 1. The van der Waals surface area contributed by atoms with Crippen LogP contribution >= 0.6 is 11.6 Å². The summed E-state index contributed by atoms with van der Waals surface area (Å²) >= 11 is 6.07. The second kappa shape index (κ2) is 6.53. The van der Waals surface area contributed by atoms with E-state index in [1.165, 1.54) is 0 Å². The number of nitrogens with zero attached hydrogens (tertiary/aromatic N) is 2. The van der Waals surface area contributed by atoms with Crippen LogP contribution in [0, 0.1) is 13.8 Å². The van der Waals surface area contributed by atoms with Crippen LogP contribution in [0.4, 0.5) is 10.5 Å². The van der Waals surface area contributed by atoms with Crippen LogP contribution in [0.3, 0.4) is 0 Å². The number of benzene rings is 2. The number of halogens is 1. The third kappa shape index (κ3) is 3.44. The average molecular weight is 405 g/mol. The summed E-state index contributed by atoms with van der Waals surface area (Å²) in [7, 11) is -3.19. The van der Waals surface area contributed by atoms with Crippen LogP contribution in [-0.4, -0.2) is 42.9 Å². The lowest BCUT2D eigenvalue weighted by Gasteiger charge is -2.23. The smallest absolute Gasteiger partial charge is 0.314 e. The largest absolute Gasteiger partial charge is 0.325 e. The standard InChI is InChI=1S/C20H21ClN2O3S/c1-13-6-14(2)8-17(7-13)23-19-12-27(25,26)11-18(19)22(20(23)24)10-15-4-3-5-16(21)9-15/h3-9,18-19H,10-12H2,1-2H3/t18-,19-/m1/s1. The van der Waals surface area contributed by atoms with Crippen molar-refractivity contribution in [3.05, 3.63) is 64.2 Å². The maximum atomic E-state index is 13.3. The van der Waals surface area contributed by atoms with Gasteiger partial charge in [0.25, 0.3) is 0 Å².